The SMILES string of the molecule is NC(=O)C1CNCCN1Cc1ccc(Br)s1. The molecular weight excluding hydrogens is 290 g/mol. The van der Waals surface area contributed by atoms with E-state index in [-0.39, 0.29) is 11.9 Å². The third kappa shape index (κ3) is 2.82. The summed E-state index contributed by atoms with van der Waals surface area (Å²) in [5.74, 6) is -0.247. The zero-order chi connectivity index (χ0) is 11.5. The minimum Gasteiger partial charge on any atom is -0.368 e. The molecule has 1 amide bonds. The predicted octanol–water partition coefficient (Wildman–Crippen LogP) is 0.770. The maximum atomic E-state index is 11.3. The number of rotatable bonds is 3. The molecule has 0 aromatic carbocycles. The van der Waals surface area contributed by atoms with Crippen molar-refractivity contribution in [2.75, 3.05) is 19.6 Å². The van der Waals surface area contributed by atoms with Gasteiger partial charge in [-0.2, -0.15) is 0 Å². The lowest BCUT2D eigenvalue weighted by molar-refractivity contribution is -0.124. The molecule has 1 aromatic heterocycles. The van der Waals surface area contributed by atoms with E-state index in [1.165, 1.54) is 4.88 Å². The van der Waals surface area contributed by atoms with Crippen molar-refractivity contribution in [3.63, 3.8) is 0 Å². The van der Waals surface area contributed by atoms with Crippen LogP contribution in [0.3, 0.4) is 0 Å². The molecule has 88 valence electrons. The highest BCUT2D eigenvalue weighted by Crippen LogP contribution is 2.24. The number of nitrogens with two attached hydrogens (primary N) is 1. The van der Waals surface area contributed by atoms with Gasteiger partial charge in [0.15, 0.2) is 0 Å². The van der Waals surface area contributed by atoms with Gasteiger partial charge in [0.2, 0.25) is 5.91 Å². The number of amides is 1. The second-order valence-corrected chi connectivity index (χ2v) is 6.35. The van der Waals surface area contributed by atoms with Crippen LogP contribution >= 0.6 is 27.3 Å². The summed E-state index contributed by atoms with van der Waals surface area (Å²) in [6.45, 7) is 3.23. The Morgan fingerprint density at radius 1 is 1.69 bits per heavy atom. The van der Waals surface area contributed by atoms with Crippen LogP contribution in [0.15, 0.2) is 15.9 Å². The molecule has 1 unspecified atom stereocenters. The van der Waals surface area contributed by atoms with Crippen molar-refractivity contribution in [2.45, 2.75) is 12.6 Å². The van der Waals surface area contributed by atoms with Crippen molar-refractivity contribution in [1.82, 2.24) is 10.2 Å². The number of hydrogen-bond donors (Lipinski definition) is 2. The van der Waals surface area contributed by atoms with Gasteiger partial charge in [-0.1, -0.05) is 0 Å². The molecule has 1 aliphatic rings. The van der Waals surface area contributed by atoms with Crippen LogP contribution < -0.4 is 11.1 Å². The van der Waals surface area contributed by atoms with E-state index in [4.69, 9.17) is 5.73 Å². The Morgan fingerprint density at radius 3 is 3.12 bits per heavy atom. The number of nitrogens with one attached hydrogen (secondary N) is 1. The summed E-state index contributed by atoms with van der Waals surface area (Å²) < 4.78 is 1.12. The van der Waals surface area contributed by atoms with Crippen LogP contribution in [0.2, 0.25) is 0 Å². The average Bonchev–Trinajstić information content (AvgIpc) is 2.64. The number of carbonyl (C=O) groups is 1. The topological polar surface area (TPSA) is 58.4 Å². The van der Waals surface area contributed by atoms with Crippen molar-refractivity contribution >= 4 is 33.2 Å². The number of carbonyl (C=O) groups excluding carboxylic acids is 1. The van der Waals surface area contributed by atoms with Crippen molar-refractivity contribution in [2.24, 2.45) is 5.73 Å². The van der Waals surface area contributed by atoms with E-state index in [1.54, 1.807) is 11.3 Å². The van der Waals surface area contributed by atoms with Gasteiger partial charge in [0, 0.05) is 31.1 Å². The first-order valence-corrected chi connectivity index (χ1v) is 6.76. The minimum absolute atomic E-state index is 0.186. The van der Waals surface area contributed by atoms with E-state index in [0.29, 0.717) is 6.54 Å². The molecule has 3 N–H and O–H groups in total. The molecular formula is C10H14BrN3OS. The molecule has 1 atom stereocenters. The van der Waals surface area contributed by atoms with E-state index in [2.05, 4.69) is 32.2 Å². The number of thiophene rings is 1. The Labute approximate surface area is 107 Å². The molecule has 1 fully saturated rings. The van der Waals surface area contributed by atoms with Crippen LogP contribution in [0.25, 0.3) is 0 Å². The van der Waals surface area contributed by atoms with E-state index in [1.807, 2.05) is 6.07 Å². The fraction of sp³-hybridized carbons (Fsp3) is 0.500. The molecule has 1 aromatic rings. The summed E-state index contributed by atoms with van der Waals surface area (Å²) in [6.07, 6.45) is 0. The minimum atomic E-state index is -0.247. The average molecular weight is 304 g/mol. The maximum absolute atomic E-state index is 11.3. The third-order valence-corrected chi connectivity index (χ3v) is 4.28. The van der Waals surface area contributed by atoms with Crippen molar-refractivity contribution in [1.29, 1.82) is 0 Å². The Hall–Kier alpha value is -0.430. The lowest BCUT2D eigenvalue weighted by Crippen LogP contribution is -2.56. The Morgan fingerprint density at radius 2 is 2.50 bits per heavy atom. The number of hydrogen-bond acceptors (Lipinski definition) is 4. The molecule has 6 heteroatoms. The highest BCUT2D eigenvalue weighted by atomic mass is 79.9. The van der Waals surface area contributed by atoms with E-state index in [9.17, 15) is 4.79 Å². The smallest absolute Gasteiger partial charge is 0.236 e. The predicted molar refractivity (Wildman–Crippen MR) is 68.3 cm³/mol. The van der Waals surface area contributed by atoms with Gasteiger partial charge in [-0.05, 0) is 28.1 Å². The van der Waals surface area contributed by atoms with E-state index < -0.39 is 0 Å². The Kier molecular flexibility index (Phi) is 3.96. The Bertz CT molecular complexity index is 382. The van der Waals surface area contributed by atoms with Gasteiger partial charge < -0.3 is 11.1 Å². The molecule has 2 heterocycles. The lowest BCUT2D eigenvalue weighted by Gasteiger charge is -2.33. The van der Waals surface area contributed by atoms with Crippen LogP contribution in [-0.2, 0) is 11.3 Å². The van der Waals surface area contributed by atoms with Gasteiger partial charge in [0.25, 0.3) is 0 Å². The molecule has 4 nitrogen and oxygen atoms in total. The van der Waals surface area contributed by atoms with Crippen molar-refractivity contribution in [3.8, 4) is 0 Å². The molecule has 0 spiro atoms. The second-order valence-electron chi connectivity index (χ2n) is 3.80. The van der Waals surface area contributed by atoms with Gasteiger partial charge in [-0.25, -0.2) is 0 Å². The number of halogens is 1. The fourth-order valence-electron chi connectivity index (χ4n) is 1.85. The van der Waals surface area contributed by atoms with Crippen LogP contribution in [0, 0.1) is 0 Å². The van der Waals surface area contributed by atoms with Gasteiger partial charge in [-0.15, -0.1) is 11.3 Å². The summed E-state index contributed by atoms with van der Waals surface area (Å²) >= 11 is 5.13. The summed E-state index contributed by atoms with van der Waals surface area (Å²) in [5, 5.41) is 3.19. The number of piperazine rings is 1. The van der Waals surface area contributed by atoms with Gasteiger partial charge in [0.05, 0.1) is 3.79 Å². The molecule has 1 aliphatic heterocycles. The maximum Gasteiger partial charge on any atom is 0.236 e. The molecule has 0 bridgehead atoms. The molecule has 0 aliphatic carbocycles. The molecule has 0 radical (unpaired) electrons. The molecule has 2 rings (SSSR count). The quantitative estimate of drug-likeness (QED) is 0.867. The normalized spacial score (nSPS) is 22.2. The van der Waals surface area contributed by atoms with Gasteiger partial charge in [0.1, 0.15) is 6.04 Å². The zero-order valence-electron chi connectivity index (χ0n) is 8.78. The van der Waals surface area contributed by atoms with Crippen molar-refractivity contribution < 1.29 is 4.79 Å². The van der Waals surface area contributed by atoms with E-state index in [0.717, 1.165) is 23.4 Å². The molecule has 16 heavy (non-hydrogen) atoms. The first-order valence-electron chi connectivity index (χ1n) is 5.15. The lowest BCUT2D eigenvalue weighted by atomic mass is 10.2. The van der Waals surface area contributed by atoms with Gasteiger partial charge >= 0.3 is 0 Å². The second kappa shape index (κ2) is 5.27. The summed E-state index contributed by atoms with van der Waals surface area (Å²) in [7, 11) is 0. The third-order valence-electron chi connectivity index (χ3n) is 2.67. The number of primary amides is 1. The van der Waals surface area contributed by atoms with Crippen molar-refractivity contribution in [3.05, 3.63) is 20.8 Å². The largest absolute Gasteiger partial charge is 0.368 e. The highest BCUT2D eigenvalue weighted by Gasteiger charge is 2.26. The molecule has 0 saturated carbocycles. The highest BCUT2D eigenvalue weighted by molar-refractivity contribution is 9.11. The first kappa shape index (κ1) is 12.0. The van der Waals surface area contributed by atoms with Gasteiger partial charge in [-0.3, -0.25) is 9.69 Å². The van der Waals surface area contributed by atoms with Crippen LogP contribution in [0.5, 0.6) is 0 Å². The molecule has 1 saturated heterocycles. The van der Waals surface area contributed by atoms with Crippen LogP contribution in [-0.4, -0.2) is 36.5 Å². The first-order chi connectivity index (χ1) is 7.66. The standard InChI is InChI=1S/C10H14BrN3OS/c11-9-2-1-7(16-9)6-14-4-3-13-5-8(14)10(12)15/h1-2,8,13H,3-6H2,(H2,12,15). The monoisotopic (exact) mass is 303 g/mol. The summed E-state index contributed by atoms with van der Waals surface area (Å²) in [4.78, 5) is 14.7. The number of nitrogens with zero attached hydrogens (tertiary/aromatic N) is 1. The fourth-order valence-corrected chi connectivity index (χ4v) is 3.36. The van der Waals surface area contributed by atoms with E-state index >= 15 is 0 Å². The van der Waals surface area contributed by atoms with Crippen LogP contribution in [0.1, 0.15) is 4.88 Å². The summed E-state index contributed by atoms with van der Waals surface area (Å²) in [5.41, 5.74) is 5.39. The summed E-state index contributed by atoms with van der Waals surface area (Å²) in [6, 6.07) is 3.92. The Balaban J connectivity index is 2.03. The van der Waals surface area contributed by atoms with Crippen LogP contribution in [0.4, 0.5) is 0 Å². The zero-order valence-corrected chi connectivity index (χ0v) is 11.2.